The Bertz CT molecular complexity index is 1100. The van der Waals surface area contributed by atoms with E-state index in [0.717, 1.165) is 40.9 Å². The maximum absolute atomic E-state index is 12.1. The van der Waals surface area contributed by atoms with E-state index in [1.165, 1.54) is 5.70 Å². The van der Waals surface area contributed by atoms with Crippen molar-refractivity contribution in [3.63, 3.8) is 0 Å². The largest absolute Gasteiger partial charge is 0.497 e. The Morgan fingerprint density at radius 3 is 2.71 bits per heavy atom. The quantitative estimate of drug-likeness (QED) is 0.735. The third-order valence-corrected chi connectivity index (χ3v) is 5.49. The summed E-state index contributed by atoms with van der Waals surface area (Å²) in [6.07, 6.45) is 5.50. The van der Waals surface area contributed by atoms with Crippen LogP contribution in [0.1, 0.15) is 41.7 Å². The van der Waals surface area contributed by atoms with E-state index < -0.39 is 12.2 Å². The van der Waals surface area contributed by atoms with Crippen LogP contribution in [0, 0.1) is 11.8 Å². The van der Waals surface area contributed by atoms with E-state index in [1.807, 2.05) is 48.5 Å². The maximum atomic E-state index is 12.1. The fraction of sp³-hybridized carbons (Fsp3) is 0.269. The lowest BCUT2D eigenvalue weighted by Crippen LogP contribution is -2.19. The van der Waals surface area contributed by atoms with E-state index in [2.05, 4.69) is 48.3 Å². The average Bonchev–Trinajstić information content (AvgIpc) is 3.20. The molecule has 2 aliphatic rings. The minimum absolute atomic E-state index is 0.296. The lowest BCUT2D eigenvalue weighted by atomic mass is 9.95. The SMILES string of the molecule is COc1cccc([C@H]2OC(=O)N[C@@H]2c2cccc(C#CC3=CCCC(N(C)C)=C3)c2)c1. The van der Waals surface area contributed by atoms with Crippen molar-refractivity contribution in [3.8, 4) is 17.6 Å². The van der Waals surface area contributed by atoms with Crippen LogP contribution in [0.15, 0.2) is 72.0 Å². The molecule has 1 aliphatic carbocycles. The van der Waals surface area contributed by atoms with E-state index in [1.54, 1.807) is 7.11 Å². The van der Waals surface area contributed by atoms with Gasteiger partial charge in [0.1, 0.15) is 5.75 Å². The van der Waals surface area contributed by atoms with Crippen LogP contribution in [0.5, 0.6) is 5.75 Å². The van der Waals surface area contributed by atoms with Gasteiger partial charge in [0, 0.05) is 30.9 Å². The molecular formula is C26H26N2O3. The van der Waals surface area contributed by atoms with Gasteiger partial charge < -0.3 is 19.7 Å². The van der Waals surface area contributed by atoms with Gasteiger partial charge in [0.05, 0.1) is 13.2 Å². The second-order valence-corrected chi connectivity index (χ2v) is 7.83. The molecule has 1 aliphatic heterocycles. The van der Waals surface area contributed by atoms with Crippen LogP contribution in [0.25, 0.3) is 0 Å². The molecule has 1 heterocycles. The lowest BCUT2D eigenvalue weighted by Gasteiger charge is -2.19. The molecule has 0 bridgehead atoms. The highest BCUT2D eigenvalue weighted by molar-refractivity contribution is 5.71. The summed E-state index contributed by atoms with van der Waals surface area (Å²) in [5.41, 5.74) is 5.05. The highest BCUT2D eigenvalue weighted by Crippen LogP contribution is 2.37. The minimum atomic E-state index is -0.433. The molecule has 1 amide bonds. The number of allylic oxidation sites excluding steroid dienone is 4. The third kappa shape index (κ3) is 4.75. The molecule has 2 aromatic carbocycles. The number of cyclic esters (lactones) is 1. The second-order valence-electron chi connectivity index (χ2n) is 7.83. The number of hydrogen-bond donors (Lipinski definition) is 1. The van der Waals surface area contributed by atoms with Crippen molar-refractivity contribution in [3.05, 3.63) is 88.6 Å². The molecule has 5 heteroatoms. The van der Waals surface area contributed by atoms with Gasteiger partial charge in [-0.3, -0.25) is 0 Å². The van der Waals surface area contributed by atoms with Gasteiger partial charge in [-0.25, -0.2) is 4.79 Å². The molecule has 158 valence electrons. The third-order valence-electron chi connectivity index (χ3n) is 5.49. The zero-order chi connectivity index (χ0) is 21.8. The number of benzene rings is 2. The molecule has 0 spiro atoms. The molecular weight excluding hydrogens is 388 g/mol. The number of amides is 1. The van der Waals surface area contributed by atoms with Crippen LogP contribution >= 0.6 is 0 Å². The molecule has 31 heavy (non-hydrogen) atoms. The van der Waals surface area contributed by atoms with Crippen molar-refractivity contribution in [1.82, 2.24) is 10.2 Å². The van der Waals surface area contributed by atoms with Crippen molar-refractivity contribution >= 4 is 6.09 Å². The van der Waals surface area contributed by atoms with Gasteiger partial charge in [-0.2, -0.15) is 0 Å². The Kier molecular flexibility index (Phi) is 5.99. The van der Waals surface area contributed by atoms with Gasteiger partial charge in [0.25, 0.3) is 0 Å². The van der Waals surface area contributed by atoms with Crippen LogP contribution < -0.4 is 10.1 Å². The summed E-state index contributed by atoms with van der Waals surface area (Å²) in [5, 5.41) is 2.93. The number of alkyl carbamates (subject to hydrolysis) is 1. The number of rotatable bonds is 4. The van der Waals surface area contributed by atoms with Crippen LogP contribution in [-0.2, 0) is 4.74 Å². The highest BCUT2D eigenvalue weighted by Gasteiger charge is 2.36. The second kappa shape index (κ2) is 9.01. The molecule has 0 unspecified atom stereocenters. The number of carbonyl (C=O) groups is 1. The minimum Gasteiger partial charge on any atom is -0.497 e. The lowest BCUT2D eigenvalue weighted by molar-refractivity contribution is 0.132. The van der Waals surface area contributed by atoms with Gasteiger partial charge in [0.15, 0.2) is 6.10 Å². The summed E-state index contributed by atoms with van der Waals surface area (Å²) in [6, 6.07) is 15.2. The number of hydrogen-bond acceptors (Lipinski definition) is 4. The molecule has 1 N–H and O–H groups in total. The van der Waals surface area contributed by atoms with Crippen molar-refractivity contribution in [2.45, 2.75) is 25.0 Å². The van der Waals surface area contributed by atoms with Gasteiger partial charge in [0.2, 0.25) is 0 Å². The van der Waals surface area contributed by atoms with E-state index in [9.17, 15) is 4.79 Å². The molecule has 0 saturated carbocycles. The molecule has 5 nitrogen and oxygen atoms in total. The zero-order valence-electron chi connectivity index (χ0n) is 18.0. The topological polar surface area (TPSA) is 50.8 Å². The summed E-state index contributed by atoms with van der Waals surface area (Å²) in [7, 11) is 5.74. The van der Waals surface area contributed by atoms with Crippen LogP contribution in [0.2, 0.25) is 0 Å². The normalized spacial score (nSPS) is 19.9. The summed E-state index contributed by atoms with van der Waals surface area (Å²) in [6.45, 7) is 0. The van der Waals surface area contributed by atoms with Crippen LogP contribution in [-0.4, -0.2) is 32.2 Å². The number of nitrogens with one attached hydrogen (secondary N) is 1. The first-order valence-electron chi connectivity index (χ1n) is 10.3. The Morgan fingerprint density at radius 1 is 1.10 bits per heavy atom. The Balaban J connectivity index is 1.59. The van der Waals surface area contributed by atoms with Crippen molar-refractivity contribution in [2.24, 2.45) is 0 Å². The molecule has 2 aromatic rings. The van der Waals surface area contributed by atoms with E-state index in [0.29, 0.717) is 0 Å². The van der Waals surface area contributed by atoms with Crippen LogP contribution in [0.4, 0.5) is 4.79 Å². The number of ether oxygens (including phenoxy) is 2. The molecule has 0 aromatic heterocycles. The monoisotopic (exact) mass is 414 g/mol. The fourth-order valence-electron chi connectivity index (χ4n) is 3.84. The van der Waals surface area contributed by atoms with E-state index >= 15 is 0 Å². The van der Waals surface area contributed by atoms with E-state index in [-0.39, 0.29) is 6.04 Å². The first-order valence-corrected chi connectivity index (χ1v) is 10.3. The number of nitrogens with zero attached hydrogens (tertiary/aromatic N) is 1. The van der Waals surface area contributed by atoms with E-state index in [4.69, 9.17) is 9.47 Å². The first kappa shape index (κ1) is 20.6. The summed E-state index contributed by atoms with van der Waals surface area (Å²) in [5.74, 6) is 7.27. The fourth-order valence-corrected chi connectivity index (χ4v) is 3.84. The Morgan fingerprint density at radius 2 is 1.90 bits per heavy atom. The first-order chi connectivity index (χ1) is 15.0. The smallest absolute Gasteiger partial charge is 0.408 e. The molecule has 2 atom stereocenters. The van der Waals surface area contributed by atoms with Gasteiger partial charge >= 0.3 is 6.09 Å². The summed E-state index contributed by atoms with van der Waals surface area (Å²) in [4.78, 5) is 14.2. The Labute approximate surface area is 183 Å². The molecule has 1 saturated heterocycles. The van der Waals surface area contributed by atoms with Crippen molar-refractivity contribution in [1.29, 1.82) is 0 Å². The molecule has 1 fully saturated rings. The zero-order valence-corrected chi connectivity index (χ0v) is 18.0. The van der Waals surface area contributed by atoms with Gasteiger partial charge in [-0.15, -0.1) is 0 Å². The van der Waals surface area contributed by atoms with Gasteiger partial charge in [-0.05, 0) is 54.3 Å². The number of methoxy groups -OCH3 is 1. The average molecular weight is 415 g/mol. The van der Waals surface area contributed by atoms with Crippen LogP contribution in [0.3, 0.4) is 0 Å². The van der Waals surface area contributed by atoms with Gasteiger partial charge in [-0.1, -0.05) is 42.2 Å². The predicted molar refractivity (Wildman–Crippen MR) is 120 cm³/mol. The maximum Gasteiger partial charge on any atom is 0.408 e. The Hall–Kier alpha value is -3.65. The predicted octanol–water partition coefficient (Wildman–Crippen LogP) is 4.73. The number of carbonyl (C=O) groups excluding carboxylic acids is 1. The van der Waals surface area contributed by atoms with Crippen molar-refractivity contribution in [2.75, 3.05) is 21.2 Å². The standard InChI is InChI=1S/C26H26N2O3/c1-28(2)22-11-5-8-19(16-22)14-13-18-7-4-9-20(15-18)24-25(31-26(29)27-24)21-10-6-12-23(17-21)30-3/h4,6-10,12,15-17,24-25H,5,11H2,1-3H3,(H,27,29)/t24-,25-/m1/s1. The van der Waals surface area contributed by atoms with Crippen molar-refractivity contribution < 1.29 is 14.3 Å². The highest BCUT2D eigenvalue weighted by atomic mass is 16.6. The molecule has 0 radical (unpaired) electrons. The summed E-state index contributed by atoms with van der Waals surface area (Å²) >= 11 is 0. The summed E-state index contributed by atoms with van der Waals surface area (Å²) < 4.78 is 10.9. The molecule has 4 rings (SSSR count).